The molecule has 136 valence electrons. The second-order valence-corrected chi connectivity index (χ2v) is 6.42. The Morgan fingerprint density at radius 3 is 2.84 bits per heavy atom. The smallest absolute Gasteiger partial charge is 0.293 e. The highest BCUT2D eigenvalue weighted by molar-refractivity contribution is 6.32. The molecule has 1 unspecified atom stereocenters. The molecule has 8 heteroatoms. The van der Waals surface area contributed by atoms with E-state index in [2.05, 4.69) is 22.3 Å². The van der Waals surface area contributed by atoms with Gasteiger partial charge in [-0.3, -0.25) is 4.79 Å². The lowest BCUT2D eigenvalue weighted by molar-refractivity contribution is 0.0643. The summed E-state index contributed by atoms with van der Waals surface area (Å²) in [5.41, 5.74) is 0.752. The van der Waals surface area contributed by atoms with Crippen LogP contribution in [0.15, 0.2) is 24.3 Å². The Morgan fingerprint density at radius 1 is 1.40 bits per heavy atom. The summed E-state index contributed by atoms with van der Waals surface area (Å²) in [5, 5.41) is 8.35. The Balaban J connectivity index is 0.00000225. The van der Waals surface area contributed by atoms with E-state index in [1.54, 1.807) is 4.68 Å². The van der Waals surface area contributed by atoms with Gasteiger partial charge in [0.05, 0.1) is 10.7 Å². The lowest BCUT2D eigenvalue weighted by Gasteiger charge is -2.33. The molecule has 6 nitrogen and oxygen atoms in total. The van der Waals surface area contributed by atoms with Gasteiger partial charge in [0, 0.05) is 32.1 Å². The number of nitrogens with zero attached hydrogens (tertiary/aromatic N) is 4. The highest BCUT2D eigenvalue weighted by Gasteiger charge is 2.28. The number of benzene rings is 1. The number of amides is 1. The second-order valence-electron chi connectivity index (χ2n) is 6.02. The number of carbonyl (C=O) groups is 1. The minimum atomic E-state index is -0.118. The van der Waals surface area contributed by atoms with Crippen molar-refractivity contribution >= 4 is 29.9 Å². The molecule has 0 bridgehead atoms. The van der Waals surface area contributed by atoms with Crippen LogP contribution >= 0.6 is 24.0 Å². The molecule has 0 aliphatic carbocycles. The molecule has 1 aromatic carbocycles. The maximum absolute atomic E-state index is 12.8. The number of piperazine rings is 1. The third-order valence-electron chi connectivity index (χ3n) is 4.18. The molecule has 2 aromatic rings. The Morgan fingerprint density at radius 2 is 2.16 bits per heavy atom. The van der Waals surface area contributed by atoms with Crippen molar-refractivity contribution in [2.75, 3.05) is 19.6 Å². The van der Waals surface area contributed by atoms with Crippen molar-refractivity contribution in [3.05, 3.63) is 40.9 Å². The maximum atomic E-state index is 12.8. The first-order valence-electron chi connectivity index (χ1n) is 8.34. The lowest BCUT2D eigenvalue weighted by atomic mass is 10.2. The summed E-state index contributed by atoms with van der Waals surface area (Å²) in [6.07, 6.45) is 1.66. The first-order chi connectivity index (χ1) is 11.6. The van der Waals surface area contributed by atoms with Gasteiger partial charge in [0.1, 0.15) is 5.82 Å². The fourth-order valence-electron chi connectivity index (χ4n) is 2.91. The summed E-state index contributed by atoms with van der Waals surface area (Å²) < 4.78 is 1.70. The van der Waals surface area contributed by atoms with Crippen LogP contribution in [-0.4, -0.2) is 51.2 Å². The van der Waals surface area contributed by atoms with Gasteiger partial charge in [-0.05, 0) is 25.5 Å². The van der Waals surface area contributed by atoms with Gasteiger partial charge >= 0.3 is 0 Å². The number of aromatic nitrogens is 3. The Kier molecular flexibility index (Phi) is 6.81. The van der Waals surface area contributed by atoms with Crippen molar-refractivity contribution in [3.8, 4) is 5.69 Å². The van der Waals surface area contributed by atoms with Crippen molar-refractivity contribution in [2.24, 2.45) is 0 Å². The average Bonchev–Trinajstić information content (AvgIpc) is 2.99. The zero-order chi connectivity index (χ0) is 17.1. The lowest BCUT2D eigenvalue weighted by Crippen LogP contribution is -2.52. The third kappa shape index (κ3) is 4.14. The van der Waals surface area contributed by atoms with E-state index < -0.39 is 0 Å². The fraction of sp³-hybridized carbons (Fsp3) is 0.471. The van der Waals surface area contributed by atoms with Crippen LogP contribution in [0.2, 0.25) is 5.02 Å². The molecule has 1 saturated heterocycles. The van der Waals surface area contributed by atoms with Crippen LogP contribution in [0.5, 0.6) is 0 Å². The number of rotatable bonds is 4. The Labute approximate surface area is 159 Å². The van der Waals surface area contributed by atoms with Crippen LogP contribution in [-0.2, 0) is 6.42 Å². The molecule has 1 amide bonds. The molecule has 0 radical (unpaired) electrons. The average molecular weight is 384 g/mol. The molecular weight excluding hydrogens is 361 g/mol. The number of carbonyl (C=O) groups excluding carboxylic acids is 1. The van der Waals surface area contributed by atoms with Crippen LogP contribution in [0.1, 0.15) is 36.7 Å². The summed E-state index contributed by atoms with van der Waals surface area (Å²) in [7, 11) is 0. The highest BCUT2D eigenvalue weighted by atomic mass is 35.5. The van der Waals surface area contributed by atoms with Crippen LogP contribution in [0, 0.1) is 0 Å². The van der Waals surface area contributed by atoms with Gasteiger partial charge in [0.15, 0.2) is 0 Å². The predicted molar refractivity (Wildman–Crippen MR) is 101 cm³/mol. The van der Waals surface area contributed by atoms with E-state index in [0.29, 0.717) is 11.6 Å². The molecule has 3 rings (SSSR count). The molecule has 1 N–H and O–H groups in total. The number of para-hydroxylation sites is 1. The van der Waals surface area contributed by atoms with Crippen molar-refractivity contribution < 1.29 is 4.79 Å². The summed E-state index contributed by atoms with van der Waals surface area (Å²) in [6, 6.07) is 7.61. The van der Waals surface area contributed by atoms with E-state index in [1.165, 1.54) is 0 Å². The topological polar surface area (TPSA) is 63.1 Å². The predicted octanol–water partition coefficient (Wildman–Crippen LogP) is 2.73. The quantitative estimate of drug-likeness (QED) is 0.881. The van der Waals surface area contributed by atoms with Gasteiger partial charge < -0.3 is 10.2 Å². The monoisotopic (exact) mass is 383 g/mol. The minimum Gasteiger partial charge on any atom is -0.331 e. The maximum Gasteiger partial charge on any atom is 0.293 e. The van der Waals surface area contributed by atoms with Crippen LogP contribution in [0.25, 0.3) is 5.69 Å². The largest absolute Gasteiger partial charge is 0.331 e. The van der Waals surface area contributed by atoms with E-state index in [1.807, 2.05) is 36.1 Å². The van der Waals surface area contributed by atoms with Gasteiger partial charge in [-0.25, -0.2) is 9.67 Å². The van der Waals surface area contributed by atoms with Gasteiger partial charge in [-0.2, -0.15) is 0 Å². The van der Waals surface area contributed by atoms with Crippen molar-refractivity contribution in [1.82, 2.24) is 25.0 Å². The number of hydrogen-bond donors (Lipinski definition) is 1. The molecule has 2 heterocycles. The molecular formula is C17H23Cl2N5O. The number of hydrogen-bond acceptors (Lipinski definition) is 4. The number of nitrogens with one attached hydrogen (secondary N) is 1. The van der Waals surface area contributed by atoms with Crippen LogP contribution < -0.4 is 5.32 Å². The normalized spacial score (nSPS) is 17.2. The molecule has 0 spiro atoms. The molecule has 1 atom stereocenters. The number of halogens is 2. The minimum absolute atomic E-state index is 0. The van der Waals surface area contributed by atoms with E-state index in [9.17, 15) is 4.79 Å². The van der Waals surface area contributed by atoms with Crippen molar-refractivity contribution in [1.29, 1.82) is 0 Å². The zero-order valence-corrected chi connectivity index (χ0v) is 16.0. The zero-order valence-electron chi connectivity index (χ0n) is 14.4. The molecule has 1 aliphatic heterocycles. The van der Waals surface area contributed by atoms with E-state index in [4.69, 9.17) is 11.6 Å². The SMILES string of the molecule is CCCc1nc(C(=O)N2CCNCC2C)nn1-c1ccccc1Cl.Cl. The van der Waals surface area contributed by atoms with Gasteiger partial charge in [0.25, 0.3) is 5.91 Å². The van der Waals surface area contributed by atoms with Crippen LogP contribution in [0.3, 0.4) is 0 Å². The molecule has 1 fully saturated rings. The second kappa shape index (κ2) is 8.65. The van der Waals surface area contributed by atoms with Crippen molar-refractivity contribution in [3.63, 3.8) is 0 Å². The molecule has 25 heavy (non-hydrogen) atoms. The highest BCUT2D eigenvalue weighted by Crippen LogP contribution is 2.21. The Hall–Kier alpha value is -1.63. The van der Waals surface area contributed by atoms with Crippen molar-refractivity contribution in [2.45, 2.75) is 32.7 Å². The van der Waals surface area contributed by atoms with E-state index in [0.717, 1.165) is 37.4 Å². The first kappa shape index (κ1) is 19.7. The van der Waals surface area contributed by atoms with Gasteiger partial charge in [0.2, 0.25) is 5.82 Å². The molecule has 1 aromatic heterocycles. The van der Waals surface area contributed by atoms with Crippen LogP contribution in [0.4, 0.5) is 0 Å². The molecule has 1 aliphatic rings. The number of aryl methyl sites for hydroxylation is 1. The summed E-state index contributed by atoms with van der Waals surface area (Å²) in [5.74, 6) is 0.885. The van der Waals surface area contributed by atoms with E-state index in [-0.39, 0.29) is 30.2 Å². The third-order valence-corrected chi connectivity index (χ3v) is 4.50. The standard InChI is InChI=1S/C17H22ClN5O.ClH/c1-3-6-15-20-16(17(24)22-10-9-19-11-12(22)2)21-23(15)14-8-5-4-7-13(14)18;/h4-5,7-8,12,19H,3,6,9-11H2,1-2H3;1H. The summed E-state index contributed by atoms with van der Waals surface area (Å²) >= 11 is 6.30. The Bertz CT molecular complexity index is 734. The van der Waals surface area contributed by atoms with E-state index >= 15 is 0 Å². The van der Waals surface area contributed by atoms with Gasteiger partial charge in [-0.1, -0.05) is 30.7 Å². The summed E-state index contributed by atoms with van der Waals surface area (Å²) in [4.78, 5) is 19.2. The molecule has 0 saturated carbocycles. The first-order valence-corrected chi connectivity index (χ1v) is 8.72. The fourth-order valence-corrected chi connectivity index (χ4v) is 3.12. The summed E-state index contributed by atoms with van der Waals surface area (Å²) in [6.45, 7) is 6.36. The van der Waals surface area contributed by atoms with Gasteiger partial charge in [-0.15, -0.1) is 17.5 Å².